The first-order valence-electron chi connectivity index (χ1n) is 5.06. The topological polar surface area (TPSA) is 105 Å². The van der Waals surface area contributed by atoms with E-state index in [2.05, 4.69) is 10.3 Å². The van der Waals surface area contributed by atoms with Gasteiger partial charge in [-0.3, -0.25) is 4.79 Å². The third-order valence-electron chi connectivity index (χ3n) is 1.88. The Labute approximate surface area is 98.8 Å². The summed E-state index contributed by atoms with van der Waals surface area (Å²) in [7, 11) is 0. The minimum Gasteiger partial charge on any atom is -0.477 e. The molecule has 0 fully saturated rings. The van der Waals surface area contributed by atoms with Crippen LogP contribution in [0.2, 0.25) is 0 Å². The summed E-state index contributed by atoms with van der Waals surface area (Å²) < 4.78 is 0. The van der Waals surface area contributed by atoms with E-state index in [1.54, 1.807) is 13.8 Å². The number of carboxylic acids is 1. The molecule has 0 spiro atoms. The van der Waals surface area contributed by atoms with Gasteiger partial charge in [-0.1, -0.05) is 0 Å². The minimum absolute atomic E-state index is 0.0675. The average molecular weight is 237 g/mol. The zero-order valence-electron chi connectivity index (χ0n) is 9.73. The van der Waals surface area contributed by atoms with Gasteiger partial charge in [0.05, 0.1) is 11.9 Å². The summed E-state index contributed by atoms with van der Waals surface area (Å²) in [4.78, 5) is 25.7. The Bertz CT molecular complexity index is 421. The van der Waals surface area contributed by atoms with E-state index < -0.39 is 11.5 Å². The van der Waals surface area contributed by atoms with Crippen molar-refractivity contribution in [3.05, 3.63) is 24.0 Å². The van der Waals surface area contributed by atoms with Gasteiger partial charge < -0.3 is 16.2 Å². The lowest BCUT2D eigenvalue weighted by molar-refractivity contribution is -0.117. The van der Waals surface area contributed by atoms with Gasteiger partial charge in [0.25, 0.3) is 0 Å². The lowest BCUT2D eigenvalue weighted by Gasteiger charge is -2.17. The number of aromatic carboxylic acids is 1. The monoisotopic (exact) mass is 237 g/mol. The molecule has 6 nitrogen and oxygen atoms in total. The van der Waals surface area contributed by atoms with Gasteiger partial charge >= 0.3 is 5.97 Å². The van der Waals surface area contributed by atoms with Crippen molar-refractivity contribution >= 4 is 17.6 Å². The third-order valence-corrected chi connectivity index (χ3v) is 1.88. The molecule has 0 saturated carbocycles. The van der Waals surface area contributed by atoms with Crippen molar-refractivity contribution in [1.29, 1.82) is 0 Å². The number of rotatable bonds is 4. The number of hydrogen-bond donors (Lipinski definition) is 3. The van der Waals surface area contributed by atoms with E-state index in [1.165, 1.54) is 18.3 Å². The van der Waals surface area contributed by atoms with Crippen molar-refractivity contribution in [2.45, 2.75) is 25.8 Å². The summed E-state index contributed by atoms with van der Waals surface area (Å²) in [5, 5.41) is 11.2. The Morgan fingerprint density at radius 3 is 2.53 bits per heavy atom. The molecule has 1 amide bonds. The fourth-order valence-corrected chi connectivity index (χ4v) is 1.21. The van der Waals surface area contributed by atoms with Crippen LogP contribution in [0.5, 0.6) is 0 Å². The number of carbonyl (C=O) groups excluding carboxylic acids is 1. The average Bonchev–Trinajstić information content (AvgIpc) is 2.15. The molecule has 0 radical (unpaired) electrons. The fourth-order valence-electron chi connectivity index (χ4n) is 1.21. The van der Waals surface area contributed by atoms with Gasteiger partial charge in [-0.15, -0.1) is 0 Å². The van der Waals surface area contributed by atoms with Crippen LogP contribution in [0.3, 0.4) is 0 Å². The first kappa shape index (κ1) is 13.1. The smallest absolute Gasteiger partial charge is 0.354 e. The van der Waals surface area contributed by atoms with E-state index in [4.69, 9.17) is 10.8 Å². The van der Waals surface area contributed by atoms with Crippen LogP contribution >= 0.6 is 0 Å². The van der Waals surface area contributed by atoms with Crippen LogP contribution in [0.15, 0.2) is 18.3 Å². The molecule has 0 aliphatic heterocycles. The number of nitrogens with two attached hydrogens (primary N) is 1. The highest BCUT2D eigenvalue weighted by Gasteiger charge is 2.16. The van der Waals surface area contributed by atoms with E-state index in [1.807, 2.05) is 0 Å². The molecular weight excluding hydrogens is 222 g/mol. The standard InChI is InChI=1S/C11H15N3O3/c1-11(2,12)5-9(15)14-7-3-4-8(10(16)17)13-6-7/h3-4,6H,5,12H2,1-2H3,(H,14,15)(H,16,17). The number of hydrogen-bond acceptors (Lipinski definition) is 4. The number of nitrogens with zero attached hydrogens (tertiary/aromatic N) is 1. The highest BCUT2D eigenvalue weighted by atomic mass is 16.4. The highest BCUT2D eigenvalue weighted by molar-refractivity contribution is 5.92. The van der Waals surface area contributed by atoms with Crippen LogP contribution in [-0.2, 0) is 4.79 Å². The summed E-state index contributed by atoms with van der Waals surface area (Å²) in [6.45, 7) is 3.50. The molecule has 6 heteroatoms. The second-order valence-corrected chi connectivity index (χ2v) is 4.45. The first-order valence-corrected chi connectivity index (χ1v) is 5.06. The summed E-state index contributed by atoms with van der Waals surface area (Å²) in [6, 6.07) is 2.81. The molecule has 1 aromatic rings. The van der Waals surface area contributed by atoms with Gasteiger partial charge in [-0.25, -0.2) is 9.78 Å². The lowest BCUT2D eigenvalue weighted by Crippen LogP contribution is -2.36. The molecule has 92 valence electrons. The Hall–Kier alpha value is -1.95. The predicted octanol–water partition coefficient (Wildman–Crippen LogP) is 0.846. The Morgan fingerprint density at radius 1 is 1.47 bits per heavy atom. The number of aromatic nitrogens is 1. The van der Waals surface area contributed by atoms with Crippen LogP contribution in [-0.4, -0.2) is 27.5 Å². The van der Waals surface area contributed by atoms with Gasteiger partial charge in [-0.05, 0) is 26.0 Å². The zero-order chi connectivity index (χ0) is 13.1. The maximum Gasteiger partial charge on any atom is 0.354 e. The second kappa shape index (κ2) is 4.92. The maximum absolute atomic E-state index is 11.5. The molecule has 1 rings (SSSR count). The van der Waals surface area contributed by atoms with Crippen molar-refractivity contribution in [3.8, 4) is 0 Å². The minimum atomic E-state index is -1.11. The number of pyridine rings is 1. The van der Waals surface area contributed by atoms with E-state index in [0.717, 1.165) is 0 Å². The Morgan fingerprint density at radius 2 is 2.12 bits per heavy atom. The van der Waals surface area contributed by atoms with Crippen molar-refractivity contribution in [2.24, 2.45) is 5.73 Å². The van der Waals surface area contributed by atoms with Crippen molar-refractivity contribution in [1.82, 2.24) is 4.98 Å². The number of anilines is 1. The SMILES string of the molecule is CC(C)(N)CC(=O)Nc1ccc(C(=O)O)nc1. The van der Waals surface area contributed by atoms with Crippen LogP contribution in [0.25, 0.3) is 0 Å². The summed E-state index contributed by atoms with van der Waals surface area (Å²) in [5.41, 5.74) is 5.50. The molecule has 0 unspecified atom stereocenters. The Balaban J connectivity index is 2.64. The van der Waals surface area contributed by atoms with Crippen LogP contribution < -0.4 is 11.1 Å². The molecule has 1 aromatic heterocycles. The second-order valence-electron chi connectivity index (χ2n) is 4.45. The number of nitrogens with one attached hydrogen (secondary N) is 1. The van der Waals surface area contributed by atoms with Crippen LogP contribution in [0, 0.1) is 0 Å². The number of amides is 1. The maximum atomic E-state index is 11.5. The summed E-state index contributed by atoms with van der Waals surface area (Å²) >= 11 is 0. The molecule has 0 saturated heterocycles. The summed E-state index contributed by atoms with van der Waals surface area (Å²) in [5.74, 6) is -1.34. The van der Waals surface area contributed by atoms with E-state index in [0.29, 0.717) is 5.69 Å². The molecular formula is C11H15N3O3. The zero-order valence-corrected chi connectivity index (χ0v) is 9.73. The summed E-state index contributed by atoms with van der Waals surface area (Å²) in [6.07, 6.45) is 1.47. The van der Waals surface area contributed by atoms with Gasteiger partial charge in [0.1, 0.15) is 5.69 Å². The molecule has 4 N–H and O–H groups in total. The highest BCUT2D eigenvalue weighted by Crippen LogP contribution is 2.09. The molecule has 0 bridgehead atoms. The van der Waals surface area contributed by atoms with Crippen LogP contribution in [0.4, 0.5) is 5.69 Å². The van der Waals surface area contributed by atoms with Gasteiger partial charge in [0, 0.05) is 12.0 Å². The normalized spacial score (nSPS) is 11.0. The number of carbonyl (C=O) groups is 2. The molecule has 0 aliphatic rings. The molecule has 17 heavy (non-hydrogen) atoms. The van der Waals surface area contributed by atoms with E-state index in [-0.39, 0.29) is 18.0 Å². The third kappa shape index (κ3) is 4.60. The molecule has 0 aromatic carbocycles. The quantitative estimate of drug-likeness (QED) is 0.719. The van der Waals surface area contributed by atoms with Crippen molar-refractivity contribution in [2.75, 3.05) is 5.32 Å². The van der Waals surface area contributed by atoms with Gasteiger partial charge in [0.2, 0.25) is 5.91 Å². The lowest BCUT2D eigenvalue weighted by atomic mass is 10.0. The van der Waals surface area contributed by atoms with Gasteiger partial charge in [0.15, 0.2) is 0 Å². The van der Waals surface area contributed by atoms with Crippen molar-refractivity contribution < 1.29 is 14.7 Å². The van der Waals surface area contributed by atoms with Gasteiger partial charge in [-0.2, -0.15) is 0 Å². The first-order chi connectivity index (χ1) is 7.78. The molecule has 0 atom stereocenters. The molecule has 0 aliphatic carbocycles. The number of carboxylic acid groups (broad SMARTS) is 1. The van der Waals surface area contributed by atoms with Crippen molar-refractivity contribution in [3.63, 3.8) is 0 Å². The predicted molar refractivity (Wildman–Crippen MR) is 62.7 cm³/mol. The van der Waals surface area contributed by atoms with Crippen LogP contribution in [0.1, 0.15) is 30.8 Å². The fraction of sp³-hybridized carbons (Fsp3) is 0.364. The Kier molecular flexibility index (Phi) is 3.80. The van der Waals surface area contributed by atoms with E-state index >= 15 is 0 Å². The largest absolute Gasteiger partial charge is 0.477 e. The van der Waals surface area contributed by atoms with E-state index in [9.17, 15) is 9.59 Å². The molecule has 1 heterocycles.